The summed E-state index contributed by atoms with van der Waals surface area (Å²) in [4.78, 5) is 17.2. The summed E-state index contributed by atoms with van der Waals surface area (Å²) < 4.78 is 10.6. The van der Waals surface area contributed by atoms with Crippen molar-refractivity contribution in [3.8, 4) is 11.5 Å². The van der Waals surface area contributed by atoms with Crippen molar-refractivity contribution in [1.29, 1.82) is 0 Å². The Hall–Kier alpha value is -2.73. The lowest BCUT2D eigenvalue weighted by molar-refractivity contribution is 0.0646. The number of nitrogens with two attached hydrogens (primary N) is 1. The molecular formula is C23H31N3O3. The van der Waals surface area contributed by atoms with Crippen LogP contribution in [-0.2, 0) is 6.42 Å². The highest BCUT2D eigenvalue weighted by molar-refractivity contribution is 5.95. The summed E-state index contributed by atoms with van der Waals surface area (Å²) in [5.74, 6) is 1.26. The van der Waals surface area contributed by atoms with Gasteiger partial charge in [0.25, 0.3) is 5.91 Å². The van der Waals surface area contributed by atoms with Crippen molar-refractivity contribution in [2.75, 3.05) is 46.6 Å². The van der Waals surface area contributed by atoms with Gasteiger partial charge in [0.1, 0.15) is 0 Å². The minimum atomic E-state index is 0.0499. The van der Waals surface area contributed by atoms with E-state index in [0.29, 0.717) is 23.1 Å². The first-order chi connectivity index (χ1) is 14.0. The van der Waals surface area contributed by atoms with Crippen LogP contribution in [0.15, 0.2) is 42.5 Å². The van der Waals surface area contributed by atoms with Gasteiger partial charge in [0.05, 0.1) is 14.2 Å². The van der Waals surface area contributed by atoms with Gasteiger partial charge in [-0.2, -0.15) is 0 Å². The van der Waals surface area contributed by atoms with E-state index in [4.69, 9.17) is 15.2 Å². The van der Waals surface area contributed by atoms with Gasteiger partial charge in [-0.1, -0.05) is 12.1 Å². The van der Waals surface area contributed by atoms with Crippen molar-refractivity contribution in [1.82, 2.24) is 9.80 Å². The molecule has 0 saturated carbocycles. The Morgan fingerprint density at radius 1 is 1.07 bits per heavy atom. The third-order valence-corrected chi connectivity index (χ3v) is 5.74. The third kappa shape index (κ3) is 5.21. The molecule has 2 N–H and O–H groups in total. The number of likely N-dealkylation sites (tertiary alicyclic amines) is 1. The van der Waals surface area contributed by atoms with Crippen molar-refractivity contribution in [3.63, 3.8) is 0 Å². The fourth-order valence-corrected chi connectivity index (χ4v) is 3.83. The maximum absolute atomic E-state index is 12.9. The number of hydrogen-bond acceptors (Lipinski definition) is 5. The highest BCUT2D eigenvalue weighted by atomic mass is 16.5. The third-order valence-electron chi connectivity index (χ3n) is 5.74. The predicted octanol–water partition coefficient (Wildman–Crippen LogP) is 3.07. The Kier molecular flexibility index (Phi) is 6.99. The molecule has 0 aromatic heterocycles. The molecule has 1 heterocycles. The second-order valence-electron chi connectivity index (χ2n) is 7.57. The number of anilines is 1. The van der Waals surface area contributed by atoms with Crippen LogP contribution >= 0.6 is 0 Å². The Bertz CT molecular complexity index is 815. The molecule has 3 rings (SSSR count). The van der Waals surface area contributed by atoms with Crippen LogP contribution < -0.4 is 15.2 Å². The molecule has 0 unspecified atom stereocenters. The van der Waals surface area contributed by atoms with Gasteiger partial charge in [-0.25, -0.2) is 0 Å². The van der Waals surface area contributed by atoms with Gasteiger partial charge in [-0.15, -0.1) is 0 Å². The molecule has 1 aliphatic heterocycles. The van der Waals surface area contributed by atoms with Crippen LogP contribution in [0.25, 0.3) is 0 Å². The average molecular weight is 398 g/mol. The molecule has 0 spiro atoms. The van der Waals surface area contributed by atoms with E-state index in [-0.39, 0.29) is 5.91 Å². The molecule has 0 atom stereocenters. The molecule has 6 heteroatoms. The quantitative estimate of drug-likeness (QED) is 0.728. The zero-order valence-electron chi connectivity index (χ0n) is 17.6. The molecule has 29 heavy (non-hydrogen) atoms. The number of benzene rings is 2. The summed E-state index contributed by atoms with van der Waals surface area (Å²) in [5.41, 5.74) is 8.49. The standard InChI is InChI=1S/C23H31N3O3/c1-25(13-10-17-4-7-19(24)8-5-17)20-11-14-26(15-12-20)23(27)18-6-9-21(28-2)22(16-18)29-3/h4-9,16,20H,10-15,24H2,1-3H3. The molecule has 0 bridgehead atoms. The summed E-state index contributed by atoms with van der Waals surface area (Å²) in [6.45, 7) is 2.53. The maximum atomic E-state index is 12.9. The van der Waals surface area contributed by atoms with E-state index >= 15 is 0 Å². The Labute approximate surface area is 173 Å². The van der Waals surface area contributed by atoms with Crippen LogP contribution in [0.5, 0.6) is 11.5 Å². The largest absolute Gasteiger partial charge is 0.493 e. The van der Waals surface area contributed by atoms with Crippen molar-refractivity contribution in [3.05, 3.63) is 53.6 Å². The summed E-state index contributed by atoms with van der Waals surface area (Å²) in [5, 5.41) is 0. The van der Waals surface area contributed by atoms with Crippen molar-refractivity contribution in [2.24, 2.45) is 0 Å². The molecule has 1 aliphatic rings. The van der Waals surface area contributed by atoms with Crippen molar-refractivity contribution >= 4 is 11.6 Å². The highest BCUT2D eigenvalue weighted by Crippen LogP contribution is 2.28. The lowest BCUT2D eigenvalue weighted by atomic mass is 10.0. The molecule has 0 radical (unpaired) electrons. The summed E-state index contributed by atoms with van der Waals surface area (Å²) in [7, 11) is 5.35. The lowest BCUT2D eigenvalue weighted by Gasteiger charge is -2.37. The molecule has 2 aromatic carbocycles. The Morgan fingerprint density at radius 2 is 1.72 bits per heavy atom. The number of methoxy groups -OCH3 is 2. The van der Waals surface area contributed by atoms with Crippen LogP contribution in [0.3, 0.4) is 0 Å². The number of rotatable bonds is 7. The Morgan fingerprint density at radius 3 is 2.34 bits per heavy atom. The van der Waals surface area contributed by atoms with Crippen LogP contribution in [0.4, 0.5) is 5.69 Å². The first-order valence-corrected chi connectivity index (χ1v) is 10.1. The zero-order valence-corrected chi connectivity index (χ0v) is 17.6. The van der Waals surface area contributed by atoms with Crippen LogP contribution in [0.2, 0.25) is 0 Å². The monoisotopic (exact) mass is 397 g/mol. The molecule has 1 amide bonds. The van der Waals surface area contributed by atoms with E-state index in [2.05, 4.69) is 24.1 Å². The average Bonchev–Trinajstić information content (AvgIpc) is 2.77. The minimum absolute atomic E-state index is 0.0499. The fraction of sp³-hybridized carbons (Fsp3) is 0.435. The van der Waals surface area contributed by atoms with E-state index in [0.717, 1.165) is 44.6 Å². The topological polar surface area (TPSA) is 68.0 Å². The molecule has 6 nitrogen and oxygen atoms in total. The van der Waals surface area contributed by atoms with E-state index in [1.165, 1.54) is 5.56 Å². The van der Waals surface area contributed by atoms with Crippen LogP contribution in [0.1, 0.15) is 28.8 Å². The lowest BCUT2D eigenvalue weighted by Crippen LogP contribution is -2.46. The number of nitrogens with zero attached hydrogens (tertiary/aromatic N) is 2. The summed E-state index contributed by atoms with van der Waals surface area (Å²) >= 11 is 0. The molecule has 156 valence electrons. The molecular weight excluding hydrogens is 366 g/mol. The van der Waals surface area contributed by atoms with Gasteiger partial charge in [0.15, 0.2) is 11.5 Å². The second kappa shape index (κ2) is 9.65. The summed E-state index contributed by atoms with van der Waals surface area (Å²) in [6.07, 6.45) is 2.97. The Balaban J connectivity index is 1.51. The second-order valence-corrected chi connectivity index (χ2v) is 7.57. The number of carbonyl (C=O) groups is 1. The van der Waals surface area contributed by atoms with Gasteiger partial charge in [0.2, 0.25) is 0 Å². The van der Waals surface area contributed by atoms with Crippen LogP contribution in [0, 0.1) is 0 Å². The number of likely N-dealkylation sites (N-methyl/N-ethyl adjacent to an activating group) is 1. The number of carbonyl (C=O) groups excluding carboxylic acids is 1. The van der Waals surface area contributed by atoms with Gasteiger partial charge < -0.3 is 25.0 Å². The minimum Gasteiger partial charge on any atom is -0.493 e. The highest BCUT2D eigenvalue weighted by Gasteiger charge is 2.26. The van der Waals surface area contributed by atoms with E-state index in [1.54, 1.807) is 32.4 Å². The SMILES string of the molecule is COc1ccc(C(=O)N2CCC(N(C)CCc3ccc(N)cc3)CC2)cc1OC. The molecule has 2 aromatic rings. The number of amides is 1. The maximum Gasteiger partial charge on any atom is 0.253 e. The summed E-state index contributed by atoms with van der Waals surface area (Å²) in [6, 6.07) is 13.9. The van der Waals surface area contributed by atoms with Gasteiger partial charge >= 0.3 is 0 Å². The van der Waals surface area contributed by atoms with E-state index in [1.807, 2.05) is 17.0 Å². The normalized spacial score (nSPS) is 14.8. The number of hydrogen-bond donors (Lipinski definition) is 1. The molecule has 1 fully saturated rings. The van der Waals surface area contributed by atoms with Crippen LogP contribution in [-0.4, -0.2) is 62.7 Å². The van der Waals surface area contributed by atoms with Gasteiger partial charge in [-0.05, 0) is 62.2 Å². The zero-order chi connectivity index (χ0) is 20.8. The van der Waals surface area contributed by atoms with Gasteiger partial charge in [-0.3, -0.25) is 4.79 Å². The first-order valence-electron chi connectivity index (χ1n) is 10.1. The fourth-order valence-electron chi connectivity index (χ4n) is 3.83. The number of nitrogen functional groups attached to an aromatic ring is 1. The van der Waals surface area contributed by atoms with E-state index in [9.17, 15) is 4.79 Å². The smallest absolute Gasteiger partial charge is 0.253 e. The number of piperidine rings is 1. The predicted molar refractivity (Wildman–Crippen MR) is 116 cm³/mol. The van der Waals surface area contributed by atoms with Crippen molar-refractivity contribution < 1.29 is 14.3 Å². The molecule has 0 aliphatic carbocycles. The first kappa shape index (κ1) is 21.0. The van der Waals surface area contributed by atoms with E-state index < -0.39 is 0 Å². The van der Waals surface area contributed by atoms with Gasteiger partial charge in [0, 0.05) is 36.9 Å². The van der Waals surface area contributed by atoms with Crippen molar-refractivity contribution in [2.45, 2.75) is 25.3 Å². The number of ether oxygens (including phenoxy) is 2. The molecule has 1 saturated heterocycles.